The van der Waals surface area contributed by atoms with E-state index in [0.717, 1.165) is 37.5 Å². The number of aromatic nitrogens is 3. The normalized spacial score (nSPS) is 25.3. The van der Waals surface area contributed by atoms with E-state index < -0.39 is 0 Å². The Morgan fingerprint density at radius 2 is 2.00 bits per heavy atom. The quantitative estimate of drug-likeness (QED) is 0.449. The minimum absolute atomic E-state index is 0.0603. The van der Waals surface area contributed by atoms with Gasteiger partial charge in [0.15, 0.2) is 0 Å². The molecule has 0 spiro atoms. The van der Waals surface area contributed by atoms with Crippen LogP contribution in [0.4, 0.5) is 5.95 Å². The maximum atomic E-state index is 12.3. The van der Waals surface area contributed by atoms with Gasteiger partial charge in [0.1, 0.15) is 18.2 Å². The van der Waals surface area contributed by atoms with E-state index in [1.165, 1.54) is 24.8 Å². The Bertz CT molecular complexity index is 979. The number of benzene rings is 1. The lowest BCUT2D eigenvalue weighted by atomic mass is 9.81. The molecular weight excluding hydrogens is 442 g/mol. The summed E-state index contributed by atoms with van der Waals surface area (Å²) in [6.45, 7) is 5.38. The average molecular weight is 482 g/mol. The maximum Gasteiger partial charge on any atom is 0.243 e. The van der Waals surface area contributed by atoms with Gasteiger partial charge in [-0.25, -0.2) is 5.43 Å². The van der Waals surface area contributed by atoms with Crippen LogP contribution in [0.2, 0.25) is 0 Å². The van der Waals surface area contributed by atoms with Gasteiger partial charge in [0.25, 0.3) is 0 Å². The highest BCUT2D eigenvalue weighted by Gasteiger charge is 2.48. The van der Waals surface area contributed by atoms with Crippen molar-refractivity contribution in [3.05, 3.63) is 41.7 Å². The van der Waals surface area contributed by atoms with E-state index in [0.29, 0.717) is 31.5 Å². The zero-order valence-electron chi connectivity index (χ0n) is 20.9. The Balaban J connectivity index is 1.21. The van der Waals surface area contributed by atoms with Gasteiger partial charge >= 0.3 is 0 Å². The number of nitrogens with one attached hydrogen (secondary N) is 3. The van der Waals surface area contributed by atoms with Crippen LogP contribution in [0, 0.1) is 5.92 Å². The fraction of sp³-hybridized carbons (Fsp3) is 0.654. The second-order valence-corrected chi connectivity index (χ2v) is 10.2. The predicted molar refractivity (Wildman–Crippen MR) is 134 cm³/mol. The monoisotopic (exact) mass is 481 g/mol. The number of fused-ring (bicyclic) bond motifs is 6. The number of hydrogen-bond donors (Lipinski definition) is 3. The van der Waals surface area contributed by atoms with Gasteiger partial charge in [0.2, 0.25) is 11.9 Å². The number of nitrogens with zero attached hydrogens (tertiary/aromatic N) is 4. The van der Waals surface area contributed by atoms with E-state index in [1.54, 1.807) is 0 Å². The van der Waals surface area contributed by atoms with E-state index in [2.05, 4.69) is 60.1 Å². The first-order valence-corrected chi connectivity index (χ1v) is 13.3. The smallest absolute Gasteiger partial charge is 0.243 e. The largest absolute Gasteiger partial charge is 0.379 e. The van der Waals surface area contributed by atoms with Gasteiger partial charge in [-0.2, -0.15) is 0 Å². The molecule has 3 heterocycles. The predicted octanol–water partition coefficient (Wildman–Crippen LogP) is 3.22. The molecule has 3 N–H and O–H groups in total. The van der Waals surface area contributed by atoms with Gasteiger partial charge in [-0.3, -0.25) is 19.7 Å². The highest BCUT2D eigenvalue weighted by atomic mass is 16.5. The third-order valence-electron chi connectivity index (χ3n) is 7.40. The lowest BCUT2D eigenvalue weighted by Crippen LogP contribution is -2.53. The van der Waals surface area contributed by atoms with E-state index in [-0.39, 0.29) is 24.3 Å². The van der Waals surface area contributed by atoms with Crippen LogP contribution in [0.3, 0.4) is 0 Å². The Kier molecular flexibility index (Phi) is 7.65. The van der Waals surface area contributed by atoms with Gasteiger partial charge in [0.05, 0.1) is 6.10 Å². The SMILES string of the molecule is CC(C)OCCCNC(=O)CCCc1nnc2n1C1CCCCC1C1NC(c3ccccc3)NN21. The van der Waals surface area contributed by atoms with E-state index in [1.807, 2.05) is 19.9 Å². The summed E-state index contributed by atoms with van der Waals surface area (Å²) in [4.78, 5) is 12.3. The van der Waals surface area contributed by atoms with Gasteiger partial charge in [0, 0.05) is 38.0 Å². The third kappa shape index (κ3) is 5.37. The van der Waals surface area contributed by atoms with Crippen LogP contribution < -0.4 is 21.1 Å². The number of amides is 1. The molecule has 0 bridgehead atoms. The summed E-state index contributed by atoms with van der Waals surface area (Å²) in [5.74, 6) is 2.50. The topological polar surface area (TPSA) is 96.3 Å². The van der Waals surface area contributed by atoms with Crippen molar-refractivity contribution in [3.8, 4) is 0 Å². The molecule has 2 aromatic rings. The van der Waals surface area contributed by atoms with Crippen molar-refractivity contribution in [2.45, 2.75) is 89.7 Å². The standard InChI is InChI=1S/C26H39N7O2/c1-18(2)35-17-9-16-27-23(34)15-8-14-22-29-30-26-32(22)21-13-7-6-12-20(21)25-28-24(31-33(25)26)19-10-4-3-5-11-19/h3-5,10-11,18,20-21,24-25,28,31H,6-9,12-17H2,1-2H3,(H,27,34). The molecule has 4 unspecified atom stereocenters. The van der Waals surface area contributed by atoms with Crippen molar-refractivity contribution >= 4 is 11.9 Å². The van der Waals surface area contributed by atoms with Gasteiger partial charge < -0.3 is 10.1 Å². The number of ether oxygens (including phenoxy) is 1. The zero-order valence-corrected chi connectivity index (χ0v) is 20.9. The Hall–Kier alpha value is -2.49. The van der Waals surface area contributed by atoms with E-state index in [9.17, 15) is 4.79 Å². The van der Waals surface area contributed by atoms with E-state index in [4.69, 9.17) is 4.74 Å². The van der Waals surface area contributed by atoms with Gasteiger partial charge in [-0.15, -0.1) is 10.2 Å². The highest BCUT2D eigenvalue weighted by Crippen LogP contribution is 2.45. The molecule has 1 aromatic heterocycles. The number of carbonyl (C=O) groups is 1. The third-order valence-corrected chi connectivity index (χ3v) is 7.40. The number of anilines is 1. The maximum absolute atomic E-state index is 12.3. The Morgan fingerprint density at radius 1 is 1.17 bits per heavy atom. The number of carbonyl (C=O) groups excluding carboxylic acids is 1. The van der Waals surface area contributed by atoms with Crippen molar-refractivity contribution in [3.63, 3.8) is 0 Å². The van der Waals surface area contributed by atoms with E-state index >= 15 is 0 Å². The number of aryl methyl sites for hydroxylation is 1. The second-order valence-electron chi connectivity index (χ2n) is 10.2. The fourth-order valence-electron chi connectivity index (χ4n) is 5.75. The molecule has 1 amide bonds. The lowest BCUT2D eigenvalue weighted by Gasteiger charge is -2.44. The first-order valence-electron chi connectivity index (χ1n) is 13.3. The lowest BCUT2D eigenvalue weighted by molar-refractivity contribution is -0.121. The van der Waals surface area contributed by atoms with Crippen molar-refractivity contribution in [1.29, 1.82) is 0 Å². The molecule has 1 saturated heterocycles. The number of hydrogen-bond acceptors (Lipinski definition) is 7. The molecule has 3 aliphatic rings. The van der Waals surface area contributed by atoms with Crippen molar-refractivity contribution in [2.75, 3.05) is 18.2 Å². The fourth-order valence-corrected chi connectivity index (χ4v) is 5.75. The molecule has 2 aliphatic heterocycles. The molecule has 9 nitrogen and oxygen atoms in total. The summed E-state index contributed by atoms with van der Waals surface area (Å²) in [5.41, 5.74) is 4.88. The molecule has 0 radical (unpaired) electrons. The minimum Gasteiger partial charge on any atom is -0.379 e. The van der Waals surface area contributed by atoms with Crippen molar-refractivity contribution in [2.24, 2.45) is 5.92 Å². The van der Waals surface area contributed by atoms with Crippen LogP contribution in [0.25, 0.3) is 0 Å². The highest BCUT2D eigenvalue weighted by molar-refractivity contribution is 5.75. The molecule has 190 valence electrons. The molecule has 4 atom stereocenters. The van der Waals surface area contributed by atoms with Crippen LogP contribution in [0.1, 0.15) is 82.4 Å². The summed E-state index contributed by atoms with van der Waals surface area (Å²) >= 11 is 0. The van der Waals surface area contributed by atoms with Crippen LogP contribution in [-0.4, -0.2) is 46.1 Å². The molecule has 9 heteroatoms. The molecular formula is C26H39N7O2. The average Bonchev–Trinajstić information content (AvgIpc) is 3.49. The van der Waals surface area contributed by atoms with Crippen molar-refractivity contribution < 1.29 is 9.53 Å². The van der Waals surface area contributed by atoms with Crippen LogP contribution in [-0.2, 0) is 16.0 Å². The van der Waals surface area contributed by atoms with Gasteiger partial charge in [-0.1, -0.05) is 43.2 Å². The molecule has 35 heavy (non-hydrogen) atoms. The second kappa shape index (κ2) is 11.1. The van der Waals surface area contributed by atoms with Crippen LogP contribution in [0.5, 0.6) is 0 Å². The van der Waals surface area contributed by atoms with Crippen LogP contribution in [0.15, 0.2) is 30.3 Å². The molecule has 5 rings (SSSR count). The first kappa shape index (κ1) is 24.2. The first-order chi connectivity index (χ1) is 17.1. The summed E-state index contributed by atoms with van der Waals surface area (Å²) in [7, 11) is 0. The Morgan fingerprint density at radius 3 is 2.83 bits per heavy atom. The summed E-state index contributed by atoms with van der Waals surface area (Å²) in [6.07, 6.45) is 8.23. The summed E-state index contributed by atoms with van der Waals surface area (Å²) < 4.78 is 7.89. The zero-order chi connectivity index (χ0) is 24.2. The minimum atomic E-state index is 0.0603. The van der Waals surface area contributed by atoms with Gasteiger partial charge in [-0.05, 0) is 45.1 Å². The molecule has 1 aliphatic carbocycles. The van der Waals surface area contributed by atoms with Crippen molar-refractivity contribution in [1.82, 2.24) is 30.8 Å². The molecule has 1 aromatic carbocycles. The summed E-state index contributed by atoms with van der Waals surface area (Å²) in [6, 6.07) is 10.9. The molecule has 1 saturated carbocycles. The molecule has 2 fully saturated rings. The Labute approximate surface area is 208 Å². The number of rotatable bonds is 10. The van der Waals surface area contributed by atoms with Crippen LogP contribution >= 0.6 is 0 Å². The number of hydrazine groups is 1. The summed E-state index contributed by atoms with van der Waals surface area (Å²) in [5, 5.41) is 18.3.